The summed E-state index contributed by atoms with van der Waals surface area (Å²) in [5, 5.41) is 13.7. The zero-order valence-electron chi connectivity index (χ0n) is 9.11. The number of rotatable bonds is 2. The fourth-order valence-electron chi connectivity index (χ4n) is 1.72. The second-order valence-electron chi connectivity index (χ2n) is 3.61. The molecule has 2 rings (SSSR count). The molecule has 4 nitrogen and oxygen atoms in total. The molecule has 0 aliphatic rings. The Morgan fingerprint density at radius 3 is 2.75 bits per heavy atom. The van der Waals surface area contributed by atoms with Crippen molar-refractivity contribution in [3.8, 4) is 0 Å². The van der Waals surface area contributed by atoms with Gasteiger partial charge in [0.15, 0.2) is 0 Å². The van der Waals surface area contributed by atoms with Gasteiger partial charge in [0.1, 0.15) is 5.82 Å². The van der Waals surface area contributed by atoms with E-state index in [2.05, 4.69) is 10.3 Å². The van der Waals surface area contributed by atoms with Crippen LogP contribution in [0.5, 0.6) is 0 Å². The van der Waals surface area contributed by atoms with Gasteiger partial charge in [-0.05, 0) is 30.0 Å². The van der Waals surface area contributed by atoms with Crippen LogP contribution in [0.25, 0.3) is 10.8 Å². The largest absolute Gasteiger partial charge is 0.478 e. The fraction of sp³-hybridized carbons (Fsp3) is 0.167. The summed E-state index contributed by atoms with van der Waals surface area (Å²) in [6, 6.07) is 5.07. The molecule has 2 aromatic rings. The van der Waals surface area contributed by atoms with Gasteiger partial charge in [-0.2, -0.15) is 0 Å². The molecule has 1 heterocycles. The van der Waals surface area contributed by atoms with Crippen LogP contribution in [0.4, 0.5) is 5.82 Å². The van der Waals surface area contributed by atoms with Crippen LogP contribution in [-0.4, -0.2) is 23.1 Å². The molecule has 16 heavy (non-hydrogen) atoms. The van der Waals surface area contributed by atoms with Crippen LogP contribution in [-0.2, 0) is 0 Å². The van der Waals surface area contributed by atoms with Crippen LogP contribution in [0, 0.1) is 6.92 Å². The lowest BCUT2D eigenvalue weighted by molar-refractivity contribution is 0.0697. The summed E-state index contributed by atoms with van der Waals surface area (Å²) in [7, 11) is 1.77. The number of hydrogen-bond donors (Lipinski definition) is 2. The molecule has 4 heteroatoms. The second kappa shape index (κ2) is 3.81. The number of carboxylic acid groups (broad SMARTS) is 1. The first kappa shape index (κ1) is 10.4. The van der Waals surface area contributed by atoms with Crippen LogP contribution in [0.2, 0.25) is 0 Å². The maximum atomic E-state index is 10.9. The van der Waals surface area contributed by atoms with E-state index in [0.29, 0.717) is 5.82 Å². The van der Waals surface area contributed by atoms with E-state index >= 15 is 0 Å². The normalized spacial score (nSPS) is 10.4. The number of nitrogens with one attached hydrogen (secondary N) is 1. The smallest absolute Gasteiger partial charge is 0.335 e. The Balaban J connectivity index is 2.79. The number of carbonyl (C=O) groups is 1. The zero-order valence-corrected chi connectivity index (χ0v) is 9.11. The number of hydrogen-bond acceptors (Lipinski definition) is 3. The minimum absolute atomic E-state index is 0.274. The van der Waals surface area contributed by atoms with Crippen molar-refractivity contribution in [2.24, 2.45) is 0 Å². The lowest BCUT2D eigenvalue weighted by Gasteiger charge is -2.08. The lowest BCUT2D eigenvalue weighted by atomic mass is 10.0. The van der Waals surface area contributed by atoms with E-state index in [1.807, 2.05) is 13.0 Å². The Morgan fingerprint density at radius 2 is 2.12 bits per heavy atom. The van der Waals surface area contributed by atoms with Crippen LogP contribution in [0.15, 0.2) is 24.4 Å². The predicted octanol–water partition coefficient (Wildman–Crippen LogP) is 2.28. The van der Waals surface area contributed by atoms with Crippen molar-refractivity contribution in [1.29, 1.82) is 0 Å². The maximum Gasteiger partial charge on any atom is 0.335 e. The van der Waals surface area contributed by atoms with Crippen LogP contribution >= 0.6 is 0 Å². The highest BCUT2D eigenvalue weighted by Gasteiger charge is 2.08. The van der Waals surface area contributed by atoms with E-state index in [0.717, 1.165) is 16.3 Å². The Bertz CT molecular complexity index is 564. The van der Waals surface area contributed by atoms with Crippen LogP contribution in [0.1, 0.15) is 15.9 Å². The van der Waals surface area contributed by atoms with Crippen molar-refractivity contribution in [3.63, 3.8) is 0 Å². The van der Waals surface area contributed by atoms with E-state index in [1.165, 1.54) is 0 Å². The Kier molecular flexibility index (Phi) is 2.48. The number of anilines is 1. The number of aromatic carboxylic acids is 1. The Hall–Kier alpha value is -2.10. The Labute approximate surface area is 92.9 Å². The molecule has 2 N–H and O–H groups in total. The van der Waals surface area contributed by atoms with Crippen molar-refractivity contribution in [1.82, 2.24) is 4.98 Å². The van der Waals surface area contributed by atoms with Gasteiger partial charge < -0.3 is 10.4 Å². The van der Waals surface area contributed by atoms with Crippen molar-refractivity contribution in [2.75, 3.05) is 12.4 Å². The first-order valence-electron chi connectivity index (χ1n) is 4.94. The van der Waals surface area contributed by atoms with E-state index < -0.39 is 5.97 Å². The molecule has 0 saturated heterocycles. The van der Waals surface area contributed by atoms with Gasteiger partial charge in [0, 0.05) is 18.6 Å². The highest BCUT2D eigenvalue weighted by Crippen LogP contribution is 2.25. The van der Waals surface area contributed by atoms with Gasteiger partial charge in [0.2, 0.25) is 0 Å². The van der Waals surface area contributed by atoms with Crippen molar-refractivity contribution in [3.05, 3.63) is 35.5 Å². The van der Waals surface area contributed by atoms with E-state index in [1.54, 1.807) is 25.4 Å². The number of nitrogens with zero attached hydrogens (tertiary/aromatic N) is 1. The molecule has 0 radical (unpaired) electrons. The van der Waals surface area contributed by atoms with E-state index in [4.69, 9.17) is 5.11 Å². The standard InChI is InChI=1S/C12H12N2O2/c1-7-6-14-11(13-2)10-5-8(12(15)16)3-4-9(7)10/h3-6H,1-2H3,(H,13,14)(H,15,16). The van der Waals surface area contributed by atoms with Crippen molar-refractivity contribution >= 4 is 22.6 Å². The molecule has 0 atom stereocenters. The molecule has 0 amide bonds. The summed E-state index contributed by atoms with van der Waals surface area (Å²) in [5.41, 5.74) is 1.31. The average Bonchev–Trinajstić information content (AvgIpc) is 2.29. The summed E-state index contributed by atoms with van der Waals surface area (Å²) >= 11 is 0. The maximum absolute atomic E-state index is 10.9. The van der Waals surface area contributed by atoms with Gasteiger partial charge in [0.05, 0.1) is 5.56 Å². The minimum atomic E-state index is -0.926. The minimum Gasteiger partial charge on any atom is -0.478 e. The average molecular weight is 216 g/mol. The summed E-state index contributed by atoms with van der Waals surface area (Å²) in [6.45, 7) is 1.95. The van der Waals surface area contributed by atoms with Gasteiger partial charge in [-0.1, -0.05) is 6.07 Å². The summed E-state index contributed by atoms with van der Waals surface area (Å²) in [6.07, 6.45) is 1.77. The predicted molar refractivity (Wildman–Crippen MR) is 63.0 cm³/mol. The Morgan fingerprint density at radius 1 is 1.38 bits per heavy atom. The summed E-state index contributed by atoms with van der Waals surface area (Å²) in [5.74, 6) is -0.228. The first-order valence-corrected chi connectivity index (χ1v) is 4.94. The number of benzene rings is 1. The van der Waals surface area contributed by atoms with Crippen molar-refractivity contribution in [2.45, 2.75) is 6.92 Å². The number of aryl methyl sites for hydroxylation is 1. The monoisotopic (exact) mass is 216 g/mol. The summed E-state index contributed by atoms with van der Waals surface area (Å²) in [4.78, 5) is 15.1. The summed E-state index contributed by atoms with van der Waals surface area (Å²) < 4.78 is 0. The van der Waals surface area contributed by atoms with Gasteiger partial charge in [-0.15, -0.1) is 0 Å². The van der Waals surface area contributed by atoms with Crippen molar-refractivity contribution < 1.29 is 9.90 Å². The van der Waals surface area contributed by atoms with E-state index in [9.17, 15) is 4.79 Å². The molecule has 0 aliphatic carbocycles. The SMILES string of the molecule is CNc1ncc(C)c2ccc(C(=O)O)cc12. The molecule has 0 spiro atoms. The zero-order chi connectivity index (χ0) is 11.7. The molecule has 1 aromatic heterocycles. The quantitative estimate of drug-likeness (QED) is 0.808. The highest BCUT2D eigenvalue weighted by atomic mass is 16.4. The third-order valence-corrected chi connectivity index (χ3v) is 2.57. The number of carboxylic acids is 1. The van der Waals surface area contributed by atoms with Crippen LogP contribution in [0.3, 0.4) is 0 Å². The second-order valence-corrected chi connectivity index (χ2v) is 3.61. The molecule has 0 unspecified atom stereocenters. The number of aromatic nitrogens is 1. The van der Waals surface area contributed by atoms with Gasteiger partial charge in [-0.25, -0.2) is 9.78 Å². The number of pyridine rings is 1. The molecular formula is C12H12N2O2. The molecule has 0 aliphatic heterocycles. The lowest BCUT2D eigenvalue weighted by Crippen LogP contribution is -1.99. The molecular weight excluding hydrogens is 204 g/mol. The fourth-order valence-corrected chi connectivity index (χ4v) is 1.72. The van der Waals surface area contributed by atoms with Crippen LogP contribution < -0.4 is 5.32 Å². The first-order chi connectivity index (χ1) is 7.63. The molecule has 82 valence electrons. The molecule has 0 saturated carbocycles. The topological polar surface area (TPSA) is 62.2 Å². The third-order valence-electron chi connectivity index (χ3n) is 2.57. The number of fused-ring (bicyclic) bond motifs is 1. The third kappa shape index (κ3) is 1.58. The molecule has 0 fully saturated rings. The molecule has 0 bridgehead atoms. The van der Waals surface area contributed by atoms with Gasteiger partial charge in [0.25, 0.3) is 0 Å². The van der Waals surface area contributed by atoms with Gasteiger partial charge in [-0.3, -0.25) is 0 Å². The van der Waals surface area contributed by atoms with Gasteiger partial charge >= 0.3 is 5.97 Å². The molecule has 1 aromatic carbocycles. The van der Waals surface area contributed by atoms with E-state index in [-0.39, 0.29) is 5.56 Å². The highest BCUT2D eigenvalue weighted by molar-refractivity contribution is 5.99.